The van der Waals surface area contributed by atoms with Gasteiger partial charge in [0, 0.05) is 30.3 Å². The van der Waals surface area contributed by atoms with Crippen molar-refractivity contribution >= 4 is 22.0 Å². The van der Waals surface area contributed by atoms with Crippen LogP contribution in [0.4, 0.5) is 26.3 Å². The summed E-state index contributed by atoms with van der Waals surface area (Å²) in [7, 11) is -4.72. The van der Waals surface area contributed by atoms with E-state index in [-0.39, 0.29) is 54.6 Å². The van der Waals surface area contributed by atoms with Crippen LogP contribution in [0.15, 0.2) is 78.9 Å². The van der Waals surface area contributed by atoms with Crippen molar-refractivity contribution in [1.29, 1.82) is 0 Å². The summed E-state index contributed by atoms with van der Waals surface area (Å²) in [6, 6.07) is 17.5. The third-order valence-electron chi connectivity index (χ3n) is 8.71. The van der Waals surface area contributed by atoms with E-state index in [2.05, 4.69) is 5.32 Å². The molecule has 14 heteroatoms. The molecule has 1 unspecified atom stereocenters. The van der Waals surface area contributed by atoms with E-state index < -0.39 is 45.2 Å². The van der Waals surface area contributed by atoms with Gasteiger partial charge in [-0.05, 0) is 79.3 Å². The molecule has 2 amide bonds. The third-order valence-corrected chi connectivity index (χ3v) is 10.1. The van der Waals surface area contributed by atoms with Crippen molar-refractivity contribution in [2.75, 3.05) is 6.54 Å². The summed E-state index contributed by atoms with van der Waals surface area (Å²) in [6.07, 6.45) is -6.92. The van der Waals surface area contributed by atoms with Crippen molar-refractivity contribution in [3.63, 3.8) is 0 Å². The minimum atomic E-state index is -5.21. The lowest BCUT2D eigenvalue weighted by molar-refractivity contribution is -0.143. The zero-order valence-electron chi connectivity index (χ0n) is 24.4. The second-order valence-corrected chi connectivity index (χ2v) is 13.6. The quantitative estimate of drug-likeness (QED) is 0.252. The number of halogens is 6. The van der Waals surface area contributed by atoms with Gasteiger partial charge in [0.25, 0.3) is 11.8 Å². The Labute approximate surface area is 262 Å². The summed E-state index contributed by atoms with van der Waals surface area (Å²) in [6.45, 7) is -0.220. The first-order valence-corrected chi connectivity index (χ1v) is 16.0. The first-order valence-electron chi connectivity index (χ1n) is 14.6. The SMILES string of the molecule is O=C(NC1CC12CCC(CN(Cc1ccccc1)S(=O)(=O)NC(=O)c1cc(C(F)(F)F)cc(C(F)(F)F)c1)CC2)c1ccccc1. The first kappa shape index (κ1) is 33.5. The van der Waals surface area contributed by atoms with Crippen molar-refractivity contribution in [2.45, 2.75) is 57.0 Å². The average Bonchev–Trinajstić information content (AvgIpc) is 3.67. The van der Waals surface area contributed by atoms with Gasteiger partial charge in [-0.15, -0.1) is 0 Å². The topological polar surface area (TPSA) is 95.6 Å². The number of carbonyl (C=O) groups is 2. The van der Waals surface area contributed by atoms with Gasteiger partial charge in [0.15, 0.2) is 0 Å². The number of amides is 2. The molecule has 0 aromatic heterocycles. The highest BCUT2D eigenvalue weighted by Crippen LogP contribution is 2.57. The molecule has 2 aliphatic rings. The number of nitrogens with zero attached hydrogens (tertiary/aromatic N) is 1. The lowest BCUT2D eigenvalue weighted by atomic mass is 9.79. The fraction of sp³-hybridized carbons (Fsp3) is 0.375. The van der Waals surface area contributed by atoms with E-state index in [9.17, 15) is 44.3 Å². The fourth-order valence-corrected chi connectivity index (χ4v) is 7.23. The number of benzene rings is 3. The Morgan fingerprint density at radius 3 is 1.87 bits per heavy atom. The largest absolute Gasteiger partial charge is 0.416 e. The Morgan fingerprint density at radius 1 is 0.783 bits per heavy atom. The second-order valence-electron chi connectivity index (χ2n) is 11.9. The lowest BCUT2D eigenvalue weighted by Gasteiger charge is -2.33. The number of alkyl halides is 6. The van der Waals surface area contributed by atoms with Crippen molar-refractivity contribution in [1.82, 2.24) is 14.3 Å². The van der Waals surface area contributed by atoms with Crippen LogP contribution in [0.2, 0.25) is 0 Å². The van der Waals surface area contributed by atoms with Gasteiger partial charge in [0.05, 0.1) is 11.1 Å². The molecule has 0 radical (unpaired) electrons. The molecule has 3 aromatic carbocycles. The van der Waals surface area contributed by atoms with Crippen molar-refractivity contribution in [3.05, 3.63) is 107 Å². The molecular formula is C32H31F6N3O4S. The highest BCUT2D eigenvalue weighted by atomic mass is 32.2. The van der Waals surface area contributed by atoms with Crippen LogP contribution in [0.5, 0.6) is 0 Å². The summed E-state index contributed by atoms with van der Waals surface area (Å²) < 4.78 is 110. The zero-order chi connectivity index (χ0) is 33.3. The van der Waals surface area contributed by atoms with Crippen LogP contribution in [-0.4, -0.2) is 37.1 Å². The van der Waals surface area contributed by atoms with Crippen LogP contribution in [-0.2, 0) is 29.1 Å². The molecule has 7 nitrogen and oxygen atoms in total. The Hall–Kier alpha value is -3.91. The van der Waals surface area contributed by atoms with Crippen molar-refractivity contribution in [3.8, 4) is 0 Å². The summed E-state index contributed by atoms with van der Waals surface area (Å²) in [5.41, 5.74) is -3.53. The molecule has 2 fully saturated rings. The maximum Gasteiger partial charge on any atom is 0.416 e. The van der Waals surface area contributed by atoms with Gasteiger partial charge < -0.3 is 5.32 Å². The molecule has 46 heavy (non-hydrogen) atoms. The van der Waals surface area contributed by atoms with E-state index in [1.54, 1.807) is 59.3 Å². The van der Waals surface area contributed by atoms with E-state index >= 15 is 0 Å². The fourth-order valence-electron chi connectivity index (χ4n) is 6.02. The molecule has 2 saturated carbocycles. The van der Waals surface area contributed by atoms with Crippen LogP contribution in [0.1, 0.15) is 69.5 Å². The Morgan fingerprint density at radius 2 is 1.33 bits per heavy atom. The number of hydrogen-bond acceptors (Lipinski definition) is 4. The summed E-state index contributed by atoms with van der Waals surface area (Å²) in [5.74, 6) is -1.92. The molecule has 246 valence electrons. The monoisotopic (exact) mass is 667 g/mol. The van der Waals surface area contributed by atoms with E-state index in [0.29, 0.717) is 24.0 Å². The predicted octanol–water partition coefficient (Wildman–Crippen LogP) is 6.58. The Bertz CT molecular complexity index is 1640. The molecular weight excluding hydrogens is 636 g/mol. The van der Waals surface area contributed by atoms with Gasteiger partial charge in [0.1, 0.15) is 0 Å². The minimum absolute atomic E-state index is 0.00125. The molecule has 3 aromatic rings. The molecule has 5 rings (SSSR count). The van der Waals surface area contributed by atoms with E-state index in [0.717, 1.165) is 23.6 Å². The minimum Gasteiger partial charge on any atom is -0.349 e. The van der Waals surface area contributed by atoms with Gasteiger partial charge in [-0.1, -0.05) is 48.5 Å². The number of hydrogen-bond donors (Lipinski definition) is 2. The van der Waals surface area contributed by atoms with Gasteiger partial charge in [0.2, 0.25) is 0 Å². The smallest absolute Gasteiger partial charge is 0.349 e. The molecule has 0 bridgehead atoms. The third kappa shape index (κ3) is 7.89. The van der Waals surface area contributed by atoms with Gasteiger partial charge in [-0.25, -0.2) is 4.72 Å². The van der Waals surface area contributed by atoms with Gasteiger partial charge >= 0.3 is 22.6 Å². The van der Waals surface area contributed by atoms with Crippen LogP contribution in [0.25, 0.3) is 0 Å². The summed E-state index contributed by atoms with van der Waals surface area (Å²) in [5, 5.41) is 3.07. The van der Waals surface area contributed by atoms with Gasteiger partial charge in [-0.3, -0.25) is 9.59 Å². The highest BCUT2D eigenvalue weighted by Gasteiger charge is 2.55. The Balaban J connectivity index is 1.29. The highest BCUT2D eigenvalue weighted by molar-refractivity contribution is 7.87. The second kappa shape index (κ2) is 12.7. The van der Waals surface area contributed by atoms with Crippen LogP contribution in [0.3, 0.4) is 0 Å². The molecule has 1 spiro atoms. The lowest BCUT2D eigenvalue weighted by Crippen LogP contribution is -2.45. The summed E-state index contributed by atoms with van der Waals surface area (Å²) >= 11 is 0. The molecule has 1 atom stereocenters. The maximum absolute atomic E-state index is 13.5. The zero-order valence-corrected chi connectivity index (χ0v) is 25.2. The van der Waals surface area contributed by atoms with E-state index in [4.69, 9.17) is 0 Å². The molecule has 2 N–H and O–H groups in total. The normalized spacial score (nSPS) is 21.6. The molecule has 0 saturated heterocycles. The van der Waals surface area contributed by atoms with Crippen molar-refractivity contribution in [2.24, 2.45) is 11.3 Å². The average molecular weight is 668 g/mol. The maximum atomic E-state index is 13.5. The molecule has 2 aliphatic carbocycles. The first-order chi connectivity index (χ1) is 21.6. The van der Waals surface area contributed by atoms with Crippen LogP contribution < -0.4 is 10.0 Å². The molecule has 0 aliphatic heterocycles. The molecule has 0 heterocycles. The Kier molecular flexibility index (Phi) is 9.24. The summed E-state index contributed by atoms with van der Waals surface area (Å²) in [4.78, 5) is 25.5. The van der Waals surface area contributed by atoms with E-state index in [1.165, 1.54) is 0 Å². The number of nitrogens with one attached hydrogen (secondary N) is 2. The van der Waals surface area contributed by atoms with Crippen LogP contribution in [0, 0.1) is 11.3 Å². The van der Waals surface area contributed by atoms with E-state index in [1.807, 2.05) is 6.07 Å². The standard InChI is InChI=1S/C32H31F6N3O4S/c33-31(34,35)25-15-24(16-26(17-25)32(36,37)38)29(43)40-46(44,45)41(19-21-7-3-1-4-8-21)20-22-11-13-30(14-12-22)18-27(30)39-28(42)23-9-5-2-6-10-23/h1-10,15-17,22,27H,11-14,18-20H2,(H,39,42)(H,40,43). The van der Waals surface area contributed by atoms with Gasteiger partial charge in [-0.2, -0.15) is 39.1 Å². The van der Waals surface area contributed by atoms with Crippen LogP contribution >= 0.6 is 0 Å². The number of rotatable bonds is 9. The van der Waals surface area contributed by atoms with Crippen molar-refractivity contribution < 1.29 is 44.3 Å². The number of carbonyl (C=O) groups excluding carboxylic acids is 2. The predicted molar refractivity (Wildman–Crippen MR) is 156 cm³/mol.